The van der Waals surface area contributed by atoms with Crippen molar-refractivity contribution in [2.24, 2.45) is 16.7 Å². The number of alkyl carbamates (subject to hydrolysis) is 1. The number of aliphatic hydroxyl groups excluding tert-OH is 2. The van der Waals surface area contributed by atoms with Crippen molar-refractivity contribution in [1.29, 1.82) is 0 Å². The fourth-order valence-electron chi connectivity index (χ4n) is 9.75. The standard InChI is InChI=1S/C44H55NO14/c1-23-27(56-38(51)32(48)31(25-16-12-10-13-17-25)45-39(52)59-40(3,4)5)21-44(53)36(57-37(50)26-18-14-11-15-19-26)34-42(8,35(49)33(54-9)30(23)41(44,6)7)28(47)20-29-43(34,22-55-29)58-24(2)46/h10-19,27-29,31-34,36,47-48,53H,20-22H2,1-9H3,(H,45,52)/t27-,28-,29+,31+,32-,33+,34-,36-,42+,43-,44+/m0/s1. The number of fused-ring (bicyclic) bond motifs is 5. The lowest BCUT2D eigenvalue weighted by atomic mass is 9.44. The monoisotopic (exact) mass is 821 g/mol. The quantitative estimate of drug-likeness (QED) is 0.161. The molecule has 1 aliphatic heterocycles. The molecule has 3 aliphatic carbocycles. The normalized spacial score (nSPS) is 33.3. The van der Waals surface area contributed by atoms with E-state index in [0.29, 0.717) is 11.1 Å². The molecule has 15 nitrogen and oxygen atoms in total. The minimum absolute atomic E-state index is 0.108. The molecule has 320 valence electrons. The number of methoxy groups -OCH3 is 1. The van der Waals surface area contributed by atoms with Crippen LogP contribution < -0.4 is 5.32 Å². The molecular weight excluding hydrogens is 766 g/mol. The highest BCUT2D eigenvalue weighted by Crippen LogP contribution is 2.64. The van der Waals surface area contributed by atoms with Gasteiger partial charge in [-0.2, -0.15) is 0 Å². The van der Waals surface area contributed by atoms with Gasteiger partial charge in [0, 0.05) is 32.3 Å². The van der Waals surface area contributed by atoms with Crippen molar-refractivity contribution in [3.05, 3.63) is 82.9 Å². The van der Waals surface area contributed by atoms with E-state index in [1.807, 2.05) is 0 Å². The van der Waals surface area contributed by atoms with E-state index in [1.165, 1.54) is 33.1 Å². The lowest BCUT2D eigenvalue weighted by Crippen LogP contribution is -2.81. The topological polar surface area (TPSA) is 213 Å². The molecular formula is C44H55NO14. The highest BCUT2D eigenvalue weighted by Gasteiger charge is 2.78. The summed E-state index contributed by atoms with van der Waals surface area (Å²) in [6, 6.07) is 14.9. The first-order valence-corrected chi connectivity index (χ1v) is 19.7. The lowest BCUT2D eigenvalue weighted by Gasteiger charge is -2.67. The summed E-state index contributed by atoms with van der Waals surface area (Å²) in [6.45, 7) is 12.3. The first-order valence-electron chi connectivity index (χ1n) is 19.7. The molecule has 0 radical (unpaired) electrons. The van der Waals surface area contributed by atoms with Crippen molar-refractivity contribution in [2.75, 3.05) is 13.7 Å². The molecule has 0 aromatic heterocycles. The molecule has 59 heavy (non-hydrogen) atoms. The van der Waals surface area contributed by atoms with Crippen LogP contribution in [0.15, 0.2) is 71.8 Å². The Balaban J connectivity index is 1.51. The number of ketones is 1. The van der Waals surface area contributed by atoms with E-state index in [-0.39, 0.29) is 24.2 Å². The number of Topliss-reactive ketones (excluding diaryl/α,β-unsaturated/α-hetero) is 1. The summed E-state index contributed by atoms with van der Waals surface area (Å²) in [6.07, 6.45) is -10.5. The van der Waals surface area contributed by atoms with Gasteiger partial charge in [-0.3, -0.25) is 9.59 Å². The van der Waals surface area contributed by atoms with Gasteiger partial charge in [0.25, 0.3) is 0 Å². The average Bonchev–Trinajstić information content (AvgIpc) is 3.16. The summed E-state index contributed by atoms with van der Waals surface area (Å²) in [5, 5.41) is 39.8. The van der Waals surface area contributed by atoms with Crippen LogP contribution in [0.2, 0.25) is 0 Å². The Kier molecular flexibility index (Phi) is 11.7. The molecule has 2 aromatic carbocycles. The van der Waals surface area contributed by atoms with E-state index in [4.69, 9.17) is 28.4 Å². The van der Waals surface area contributed by atoms with Gasteiger partial charge in [-0.25, -0.2) is 14.4 Å². The van der Waals surface area contributed by atoms with Crippen LogP contribution in [-0.2, 0) is 42.8 Å². The summed E-state index contributed by atoms with van der Waals surface area (Å²) < 4.78 is 35.8. The Bertz CT molecular complexity index is 1990. The van der Waals surface area contributed by atoms with Crippen molar-refractivity contribution in [3.8, 4) is 0 Å². The molecule has 3 fully saturated rings. The maximum atomic E-state index is 15.3. The maximum Gasteiger partial charge on any atom is 0.408 e. The van der Waals surface area contributed by atoms with Crippen LogP contribution in [0.1, 0.15) is 90.2 Å². The Morgan fingerprint density at radius 1 is 0.966 bits per heavy atom. The third-order valence-corrected chi connectivity index (χ3v) is 12.8. The zero-order valence-corrected chi connectivity index (χ0v) is 34.8. The summed E-state index contributed by atoms with van der Waals surface area (Å²) in [5.41, 5.74) is -7.29. The van der Waals surface area contributed by atoms with Gasteiger partial charge in [-0.1, -0.05) is 62.4 Å². The Morgan fingerprint density at radius 2 is 1.58 bits per heavy atom. The predicted molar refractivity (Wildman–Crippen MR) is 208 cm³/mol. The molecule has 2 aromatic rings. The molecule has 6 rings (SSSR count). The van der Waals surface area contributed by atoms with E-state index < -0.39 is 112 Å². The Morgan fingerprint density at radius 3 is 2.12 bits per heavy atom. The minimum atomic E-state index is -2.27. The van der Waals surface area contributed by atoms with Gasteiger partial charge in [0.15, 0.2) is 17.5 Å². The SMILES string of the molecule is CO[C@H]1C(=O)[C@@]2(C)[C@H]([C@H](OC(=O)c3ccccc3)[C@]3(O)C[C@H](OC(=O)[C@@H](O)[C@H](NC(=O)OC(C)(C)C)c4ccccc4)C(C)=C1C3(C)C)[C@]1(OC(C)=O)CO[C@@H]1C[C@@H]2O. The molecule has 11 atom stereocenters. The minimum Gasteiger partial charge on any atom is -0.456 e. The van der Waals surface area contributed by atoms with Crippen LogP contribution in [-0.4, -0.2) is 112 Å². The van der Waals surface area contributed by atoms with Crippen molar-refractivity contribution < 1.29 is 67.7 Å². The fraction of sp³-hybridized carbons (Fsp3) is 0.568. The number of esters is 3. The number of benzene rings is 2. The number of nitrogens with one attached hydrogen (secondary N) is 1. The van der Waals surface area contributed by atoms with Crippen LogP contribution >= 0.6 is 0 Å². The van der Waals surface area contributed by atoms with Crippen LogP contribution in [0.25, 0.3) is 0 Å². The predicted octanol–water partition coefficient (Wildman–Crippen LogP) is 3.91. The number of hydrogen-bond donors (Lipinski definition) is 4. The molecule has 0 spiro atoms. The third-order valence-electron chi connectivity index (χ3n) is 12.8. The first-order chi connectivity index (χ1) is 27.5. The van der Waals surface area contributed by atoms with Crippen molar-refractivity contribution in [3.63, 3.8) is 0 Å². The molecule has 4 aliphatic rings. The van der Waals surface area contributed by atoms with Gasteiger partial charge < -0.3 is 49.1 Å². The van der Waals surface area contributed by atoms with Gasteiger partial charge in [-0.15, -0.1) is 0 Å². The van der Waals surface area contributed by atoms with E-state index in [2.05, 4.69) is 5.32 Å². The van der Waals surface area contributed by atoms with Gasteiger partial charge in [0.05, 0.1) is 35.6 Å². The van der Waals surface area contributed by atoms with E-state index in [1.54, 1.807) is 90.1 Å². The summed E-state index contributed by atoms with van der Waals surface area (Å²) in [5.74, 6) is -4.91. The molecule has 1 saturated heterocycles. The Hall–Kier alpha value is -4.67. The summed E-state index contributed by atoms with van der Waals surface area (Å²) in [4.78, 5) is 69.6. The number of hydrogen-bond acceptors (Lipinski definition) is 14. The van der Waals surface area contributed by atoms with Gasteiger partial charge in [-0.05, 0) is 63.5 Å². The zero-order chi connectivity index (χ0) is 43.5. The second kappa shape index (κ2) is 15.7. The van der Waals surface area contributed by atoms with Gasteiger partial charge >= 0.3 is 24.0 Å². The fourth-order valence-corrected chi connectivity index (χ4v) is 9.75. The summed E-state index contributed by atoms with van der Waals surface area (Å²) >= 11 is 0. The van der Waals surface area contributed by atoms with Gasteiger partial charge in [0.2, 0.25) is 0 Å². The largest absolute Gasteiger partial charge is 0.456 e. The second-order valence-electron chi connectivity index (χ2n) is 17.8. The highest BCUT2D eigenvalue weighted by atomic mass is 16.6. The molecule has 2 saturated carbocycles. The lowest BCUT2D eigenvalue weighted by molar-refractivity contribution is -0.346. The van der Waals surface area contributed by atoms with Crippen molar-refractivity contribution in [1.82, 2.24) is 5.32 Å². The van der Waals surface area contributed by atoms with Crippen molar-refractivity contribution in [2.45, 2.75) is 128 Å². The van der Waals surface area contributed by atoms with Gasteiger partial charge in [0.1, 0.15) is 35.6 Å². The van der Waals surface area contributed by atoms with Crippen LogP contribution in [0.5, 0.6) is 0 Å². The van der Waals surface area contributed by atoms with Crippen LogP contribution in [0.4, 0.5) is 4.79 Å². The maximum absolute atomic E-state index is 15.3. The van der Waals surface area contributed by atoms with E-state index >= 15 is 4.79 Å². The van der Waals surface area contributed by atoms with Crippen molar-refractivity contribution >= 4 is 29.8 Å². The molecule has 2 bridgehead atoms. The molecule has 0 unspecified atom stereocenters. The Labute approximate surface area is 343 Å². The highest BCUT2D eigenvalue weighted by molar-refractivity contribution is 5.94. The smallest absolute Gasteiger partial charge is 0.408 e. The van der Waals surface area contributed by atoms with Crippen LogP contribution in [0.3, 0.4) is 0 Å². The van der Waals surface area contributed by atoms with E-state index in [0.717, 1.165) is 0 Å². The molecule has 15 heteroatoms. The molecule has 1 heterocycles. The van der Waals surface area contributed by atoms with E-state index in [9.17, 15) is 34.5 Å². The average molecular weight is 822 g/mol. The first kappa shape index (κ1) is 43.9. The zero-order valence-electron chi connectivity index (χ0n) is 34.8. The number of aliphatic hydroxyl groups is 3. The third kappa shape index (κ3) is 7.45. The summed E-state index contributed by atoms with van der Waals surface area (Å²) in [7, 11) is 1.29. The molecule has 1 amide bonds. The second-order valence-corrected chi connectivity index (χ2v) is 17.8. The number of rotatable bonds is 9. The number of carbonyl (C=O) groups is 5. The number of ether oxygens (including phenoxy) is 6. The molecule has 4 N–H and O–H groups in total. The number of amides is 1. The van der Waals surface area contributed by atoms with Crippen LogP contribution in [0, 0.1) is 16.7 Å². The number of carbonyl (C=O) groups excluding carboxylic acids is 5.